The molecule has 0 saturated carbocycles. The highest BCUT2D eigenvalue weighted by Gasteiger charge is 2.19. The molecular weight excluding hydrogens is 222 g/mol. The number of nitrogens with zero attached hydrogens (tertiary/aromatic N) is 1. The number of fused-ring (bicyclic) bond motifs is 1. The second kappa shape index (κ2) is 5.12. The van der Waals surface area contributed by atoms with E-state index < -0.39 is 0 Å². The minimum Gasteiger partial charge on any atom is -0.361 e. The molecule has 1 aromatic heterocycles. The number of hydrogen-bond donors (Lipinski definition) is 2. The lowest BCUT2D eigenvalue weighted by Crippen LogP contribution is -2.43. The van der Waals surface area contributed by atoms with Gasteiger partial charge in [-0.25, -0.2) is 0 Å². The Bertz CT molecular complexity index is 517. The lowest BCUT2D eigenvalue weighted by Gasteiger charge is -2.32. The highest BCUT2D eigenvalue weighted by molar-refractivity contribution is 5.82. The summed E-state index contributed by atoms with van der Waals surface area (Å²) in [5.41, 5.74) is 2.66. The van der Waals surface area contributed by atoms with E-state index in [1.807, 2.05) is 0 Å². The molecule has 1 unspecified atom stereocenters. The summed E-state index contributed by atoms with van der Waals surface area (Å²) >= 11 is 0. The van der Waals surface area contributed by atoms with Crippen LogP contribution in [0.4, 0.5) is 0 Å². The van der Waals surface area contributed by atoms with Gasteiger partial charge in [0.25, 0.3) is 0 Å². The average molecular weight is 243 g/mol. The highest BCUT2D eigenvalue weighted by atomic mass is 15.2. The fourth-order valence-electron chi connectivity index (χ4n) is 2.94. The molecule has 1 saturated heterocycles. The van der Waals surface area contributed by atoms with Crippen LogP contribution in [0.5, 0.6) is 0 Å². The predicted octanol–water partition coefficient (Wildman–Crippen LogP) is 2.35. The normalized spacial score (nSPS) is 21.5. The van der Waals surface area contributed by atoms with Gasteiger partial charge in [0.1, 0.15) is 0 Å². The van der Waals surface area contributed by atoms with Crippen LogP contribution >= 0.6 is 0 Å². The van der Waals surface area contributed by atoms with Gasteiger partial charge in [0, 0.05) is 36.2 Å². The van der Waals surface area contributed by atoms with Crippen LogP contribution < -0.4 is 5.32 Å². The van der Waals surface area contributed by atoms with Crippen LogP contribution in [0.3, 0.4) is 0 Å². The van der Waals surface area contributed by atoms with Gasteiger partial charge in [-0.15, -0.1) is 0 Å². The number of H-pyrrole nitrogens is 1. The van der Waals surface area contributed by atoms with Crippen molar-refractivity contribution in [2.45, 2.75) is 25.4 Å². The number of para-hydroxylation sites is 1. The molecule has 1 aromatic carbocycles. The third kappa shape index (κ3) is 2.28. The molecule has 1 aliphatic rings. The zero-order valence-corrected chi connectivity index (χ0v) is 10.9. The standard InChI is InChI=1S/C15H21N3/c1-16-13-5-4-8-18(11-13)10-12-9-17-15-7-3-2-6-14(12)15/h2-3,6-7,9,13,16-17H,4-5,8,10-11H2,1H3. The summed E-state index contributed by atoms with van der Waals surface area (Å²) in [6, 6.07) is 9.21. The molecule has 1 fully saturated rings. The van der Waals surface area contributed by atoms with Gasteiger partial charge in [0.05, 0.1) is 0 Å². The van der Waals surface area contributed by atoms with Crippen molar-refractivity contribution in [1.29, 1.82) is 0 Å². The molecule has 96 valence electrons. The third-order valence-electron chi connectivity index (χ3n) is 3.98. The Balaban J connectivity index is 1.76. The Morgan fingerprint density at radius 2 is 2.28 bits per heavy atom. The maximum Gasteiger partial charge on any atom is 0.0457 e. The zero-order chi connectivity index (χ0) is 12.4. The number of likely N-dealkylation sites (N-methyl/N-ethyl adjacent to an activating group) is 1. The SMILES string of the molecule is CNC1CCCN(Cc2c[nH]c3ccccc23)C1. The third-order valence-corrected chi connectivity index (χ3v) is 3.98. The van der Waals surface area contributed by atoms with E-state index in [0.29, 0.717) is 6.04 Å². The molecule has 2 aromatic rings. The molecule has 2 N–H and O–H groups in total. The van der Waals surface area contributed by atoms with Crippen LogP contribution in [0.2, 0.25) is 0 Å². The number of hydrogen-bond acceptors (Lipinski definition) is 2. The number of likely N-dealkylation sites (tertiary alicyclic amines) is 1. The predicted molar refractivity (Wildman–Crippen MR) is 75.7 cm³/mol. The van der Waals surface area contributed by atoms with Gasteiger partial charge < -0.3 is 10.3 Å². The van der Waals surface area contributed by atoms with Crippen LogP contribution in [0.25, 0.3) is 10.9 Å². The van der Waals surface area contributed by atoms with Gasteiger partial charge >= 0.3 is 0 Å². The molecule has 0 bridgehead atoms. The van der Waals surface area contributed by atoms with E-state index in [1.54, 1.807) is 0 Å². The largest absolute Gasteiger partial charge is 0.361 e. The second-order valence-corrected chi connectivity index (χ2v) is 5.22. The molecule has 0 spiro atoms. The summed E-state index contributed by atoms with van der Waals surface area (Å²) in [7, 11) is 2.07. The lowest BCUT2D eigenvalue weighted by molar-refractivity contribution is 0.188. The Hall–Kier alpha value is -1.32. The fraction of sp³-hybridized carbons (Fsp3) is 0.467. The topological polar surface area (TPSA) is 31.1 Å². The number of nitrogens with one attached hydrogen (secondary N) is 2. The van der Waals surface area contributed by atoms with Crippen molar-refractivity contribution in [3.8, 4) is 0 Å². The Morgan fingerprint density at radius 1 is 1.39 bits per heavy atom. The summed E-state index contributed by atoms with van der Waals surface area (Å²) < 4.78 is 0. The van der Waals surface area contributed by atoms with E-state index in [1.165, 1.54) is 35.9 Å². The van der Waals surface area contributed by atoms with E-state index >= 15 is 0 Å². The van der Waals surface area contributed by atoms with Crippen molar-refractivity contribution in [3.63, 3.8) is 0 Å². The fourth-order valence-corrected chi connectivity index (χ4v) is 2.94. The molecule has 1 atom stereocenters. The van der Waals surface area contributed by atoms with Crippen LogP contribution in [0, 0.1) is 0 Å². The monoisotopic (exact) mass is 243 g/mol. The average Bonchev–Trinajstić information content (AvgIpc) is 2.83. The number of piperidine rings is 1. The van der Waals surface area contributed by atoms with Crippen molar-refractivity contribution in [2.24, 2.45) is 0 Å². The molecule has 0 aliphatic carbocycles. The number of aromatic amines is 1. The van der Waals surface area contributed by atoms with Gasteiger partial charge in [-0.05, 0) is 38.1 Å². The molecular formula is C15H21N3. The van der Waals surface area contributed by atoms with Crippen LogP contribution in [0.15, 0.2) is 30.5 Å². The molecule has 1 aliphatic heterocycles. The first kappa shape index (κ1) is 11.8. The maximum atomic E-state index is 3.40. The minimum atomic E-state index is 0.656. The quantitative estimate of drug-likeness (QED) is 0.867. The summed E-state index contributed by atoms with van der Waals surface area (Å²) in [6.45, 7) is 3.44. The van der Waals surface area contributed by atoms with Gasteiger partial charge in [-0.2, -0.15) is 0 Å². The maximum absolute atomic E-state index is 3.40. The van der Waals surface area contributed by atoms with Crippen LogP contribution in [0.1, 0.15) is 18.4 Å². The first-order chi connectivity index (χ1) is 8.86. The summed E-state index contributed by atoms with van der Waals surface area (Å²) in [6.07, 6.45) is 4.77. The van der Waals surface area contributed by atoms with Gasteiger partial charge in [0.15, 0.2) is 0 Å². The number of aromatic nitrogens is 1. The van der Waals surface area contributed by atoms with Crippen LogP contribution in [-0.2, 0) is 6.54 Å². The van der Waals surface area contributed by atoms with Gasteiger partial charge in [0.2, 0.25) is 0 Å². The van der Waals surface area contributed by atoms with Crippen molar-refractivity contribution in [2.75, 3.05) is 20.1 Å². The number of rotatable bonds is 3. The summed E-state index contributed by atoms with van der Waals surface area (Å²) in [4.78, 5) is 5.92. The molecule has 0 amide bonds. The van der Waals surface area contributed by atoms with E-state index in [9.17, 15) is 0 Å². The van der Waals surface area contributed by atoms with Gasteiger partial charge in [-0.3, -0.25) is 4.90 Å². The summed E-state index contributed by atoms with van der Waals surface area (Å²) in [5, 5.41) is 4.77. The Kier molecular flexibility index (Phi) is 3.35. The van der Waals surface area contributed by atoms with Crippen molar-refractivity contribution >= 4 is 10.9 Å². The Morgan fingerprint density at radius 3 is 3.17 bits per heavy atom. The zero-order valence-electron chi connectivity index (χ0n) is 10.9. The first-order valence-electron chi connectivity index (χ1n) is 6.81. The van der Waals surface area contributed by atoms with Crippen molar-refractivity contribution in [3.05, 3.63) is 36.0 Å². The molecule has 18 heavy (non-hydrogen) atoms. The highest BCUT2D eigenvalue weighted by Crippen LogP contribution is 2.21. The van der Waals surface area contributed by atoms with E-state index in [4.69, 9.17) is 0 Å². The number of benzene rings is 1. The van der Waals surface area contributed by atoms with Crippen molar-refractivity contribution < 1.29 is 0 Å². The van der Waals surface area contributed by atoms with E-state index in [2.05, 4.69) is 52.7 Å². The van der Waals surface area contributed by atoms with Gasteiger partial charge in [-0.1, -0.05) is 18.2 Å². The molecule has 3 rings (SSSR count). The van der Waals surface area contributed by atoms with E-state index in [0.717, 1.165) is 13.1 Å². The second-order valence-electron chi connectivity index (χ2n) is 5.22. The summed E-state index contributed by atoms with van der Waals surface area (Å²) in [5.74, 6) is 0. The molecule has 3 heteroatoms. The lowest BCUT2D eigenvalue weighted by atomic mass is 10.0. The molecule has 0 radical (unpaired) electrons. The molecule has 2 heterocycles. The van der Waals surface area contributed by atoms with Crippen LogP contribution in [-0.4, -0.2) is 36.1 Å². The van der Waals surface area contributed by atoms with E-state index in [-0.39, 0.29) is 0 Å². The molecule has 3 nitrogen and oxygen atoms in total. The smallest absolute Gasteiger partial charge is 0.0457 e. The Labute approximate surface area is 108 Å². The van der Waals surface area contributed by atoms with Crippen molar-refractivity contribution in [1.82, 2.24) is 15.2 Å². The first-order valence-corrected chi connectivity index (χ1v) is 6.81. The minimum absolute atomic E-state index is 0.656.